The van der Waals surface area contributed by atoms with E-state index in [1.165, 1.54) is 25.7 Å². The number of benzene rings is 2. The van der Waals surface area contributed by atoms with Crippen molar-refractivity contribution in [3.63, 3.8) is 0 Å². The molecule has 0 aliphatic carbocycles. The molecule has 0 aromatic heterocycles. The molecule has 150 valence electrons. The largest absolute Gasteiger partial charge is 0.371 e. The van der Waals surface area contributed by atoms with Gasteiger partial charge in [0.25, 0.3) is 10.0 Å². The molecule has 0 saturated carbocycles. The van der Waals surface area contributed by atoms with Gasteiger partial charge in [0.15, 0.2) is 0 Å². The molecule has 0 unspecified atom stereocenters. The van der Waals surface area contributed by atoms with Crippen molar-refractivity contribution >= 4 is 27.1 Å². The average molecular weight is 400 g/mol. The third kappa shape index (κ3) is 4.27. The molecule has 28 heavy (non-hydrogen) atoms. The molecule has 5 nitrogen and oxygen atoms in total. The number of hydrogen-bond acceptors (Lipinski definition) is 4. The Morgan fingerprint density at radius 3 is 1.96 bits per heavy atom. The number of nitrogens with one attached hydrogen (secondary N) is 1. The molecule has 0 radical (unpaired) electrons. The fourth-order valence-corrected chi connectivity index (χ4v) is 5.25. The number of sulfonamides is 1. The molecular weight excluding hydrogens is 370 g/mol. The maximum atomic E-state index is 13.0. The predicted octanol–water partition coefficient (Wildman–Crippen LogP) is 4.47. The molecule has 2 fully saturated rings. The Bertz CT molecular complexity index is 887. The van der Waals surface area contributed by atoms with Gasteiger partial charge in [0, 0.05) is 31.9 Å². The normalized spacial score (nSPS) is 18.1. The lowest BCUT2D eigenvalue weighted by Gasteiger charge is -2.33. The van der Waals surface area contributed by atoms with Crippen molar-refractivity contribution in [3.05, 3.63) is 48.5 Å². The topological polar surface area (TPSA) is 52.7 Å². The van der Waals surface area contributed by atoms with Gasteiger partial charge in [-0.05, 0) is 68.9 Å². The van der Waals surface area contributed by atoms with Gasteiger partial charge in [0.05, 0.1) is 16.3 Å². The van der Waals surface area contributed by atoms with Crippen LogP contribution in [-0.2, 0) is 10.0 Å². The molecule has 6 heteroatoms. The lowest BCUT2D eigenvalue weighted by atomic mass is 10.1. The van der Waals surface area contributed by atoms with Gasteiger partial charge in [0.2, 0.25) is 0 Å². The van der Waals surface area contributed by atoms with Crippen LogP contribution in [0.4, 0.5) is 17.1 Å². The van der Waals surface area contributed by atoms with E-state index in [4.69, 9.17) is 0 Å². The lowest BCUT2D eigenvalue weighted by molar-refractivity contribution is 0.575. The van der Waals surface area contributed by atoms with Gasteiger partial charge in [-0.1, -0.05) is 18.2 Å². The van der Waals surface area contributed by atoms with Crippen LogP contribution in [0.5, 0.6) is 0 Å². The molecule has 2 heterocycles. The third-order valence-electron chi connectivity index (χ3n) is 5.70. The minimum atomic E-state index is -3.62. The van der Waals surface area contributed by atoms with E-state index in [1.54, 1.807) is 24.3 Å². The second kappa shape index (κ2) is 8.43. The molecule has 4 rings (SSSR count). The van der Waals surface area contributed by atoms with Crippen molar-refractivity contribution in [2.24, 2.45) is 0 Å². The maximum absolute atomic E-state index is 13.0. The Morgan fingerprint density at radius 1 is 0.714 bits per heavy atom. The van der Waals surface area contributed by atoms with Gasteiger partial charge in [0.1, 0.15) is 0 Å². The van der Waals surface area contributed by atoms with Crippen molar-refractivity contribution in [2.75, 3.05) is 40.7 Å². The summed E-state index contributed by atoms with van der Waals surface area (Å²) in [5.74, 6) is 0. The molecular formula is C22H29N3O2S. The molecule has 2 aromatic carbocycles. The van der Waals surface area contributed by atoms with Crippen LogP contribution in [0.15, 0.2) is 53.4 Å². The SMILES string of the molecule is O=S(=O)(Nc1cc(N2CCCCC2)ccc1N1CCCCC1)c1ccccc1. The Morgan fingerprint density at radius 2 is 1.32 bits per heavy atom. The van der Waals surface area contributed by atoms with Crippen LogP contribution >= 0.6 is 0 Å². The molecule has 0 amide bonds. The van der Waals surface area contributed by atoms with Crippen LogP contribution in [0.25, 0.3) is 0 Å². The summed E-state index contributed by atoms with van der Waals surface area (Å²) in [4.78, 5) is 4.97. The van der Waals surface area contributed by atoms with E-state index in [2.05, 4.69) is 26.7 Å². The van der Waals surface area contributed by atoms with Gasteiger partial charge < -0.3 is 9.80 Å². The summed E-state index contributed by atoms with van der Waals surface area (Å²) in [6.07, 6.45) is 7.21. The number of anilines is 3. The van der Waals surface area contributed by atoms with Crippen molar-refractivity contribution in [3.8, 4) is 0 Å². The van der Waals surface area contributed by atoms with Crippen molar-refractivity contribution in [2.45, 2.75) is 43.4 Å². The zero-order chi connectivity index (χ0) is 19.4. The van der Waals surface area contributed by atoms with Gasteiger partial charge in [-0.3, -0.25) is 4.72 Å². The van der Waals surface area contributed by atoms with Gasteiger partial charge in [-0.2, -0.15) is 0 Å². The Labute approximate surface area is 168 Å². The van der Waals surface area contributed by atoms with Crippen molar-refractivity contribution in [1.82, 2.24) is 0 Å². The van der Waals surface area contributed by atoms with Crippen LogP contribution in [0.2, 0.25) is 0 Å². The smallest absolute Gasteiger partial charge is 0.261 e. The molecule has 0 bridgehead atoms. The monoisotopic (exact) mass is 399 g/mol. The molecule has 2 aliphatic heterocycles. The summed E-state index contributed by atoms with van der Waals surface area (Å²) in [6, 6.07) is 14.9. The van der Waals surface area contributed by atoms with Gasteiger partial charge >= 0.3 is 0 Å². The highest BCUT2D eigenvalue weighted by Gasteiger charge is 2.21. The van der Waals surface area contributed by atoms with Gasteiger partial charge in [-0.25, -0.2) is 8.42 Å². The van der Waals surface area contributed by atoms with E-state index < -0.39 is 10.0 Å². The van der Waals surface area contributed by atoms with Crippen LogP contribution in [0.3, 0.4) is 0 Å². The lowest BCUT2D eigenvalue weighted by Crippen LogP contribution is -2.31. The third-order valence-corrected chi connectivity index (χ3v) is 7.08. The van der Waals surface area contributed by atoms with Crippen LogP contribution in [-0.4, -0.2) is 34.6 Å². The zero-order valence-corrected chi connectivity index (χ0v) is 17.1. The Hall–Kier alpha value is -2.21. The number of hydrogen-bond donors (Lipinski definition) is 1. The van der Waals surface area contributed by atoms with Gasteiger partial charge in [-0.15, -0.1) is 0 Å². The number of piperidine rings is 2. The highest BCUT2D eigenvalue weighted by molar-refractivity contribution is 7.92. The van der Waals surface area contributed by atoms with E-state index in [9.17, 15) is 8.42 Å². The summed E-state index contributed by atoms with van der Waals surface area (Å²) in [6.45, 7) is 4.02. The predicted molar refractivity (Wildman–Crippen MR) is 116 cm³/mol. The zero-order valence-electron chi connectivity index (χ0n) is 16.3. The second-order valence-corrected chi connectivity index (χ2v) is 9.40. The summed E-state index contributed by atoms with van der Waals surface area (Å²) < 4.78 is 28.8. The van der Waals surface area contributed by atoms with E-state index in [1.807, 2.05) is 12.1 Å². The first-order chi connectivity index (χ1) is 13.6. The summed E-state index contributed by atoms with van der Waals surface area (Å²) in [7, 11) is -3.62. The van der Waals surface area contributed by atoms with Crippen molar-refractivity contribution in [1.29, 1.82) is 0 Å². The molecule has 2 aliphatic rings. The average Bonchev–Trinajstić information content (AvgIpc) is 2.75. The first-order valence-electron chi connectivity index (χ1n) is 10.4. The summed E-state index contributed by atoms with van der Waals surface area (Å²) in [5.41, 5.74) is 2.78. The number of rotatable bonds is 5. The van der Waals surface area contributed by atoms with E-state index >= 15 is 0 Å². The number of nitrogens with zero attached hydrogens (tertiary/aromatic N) is 2. The standard InChI is InChI=1S/C22H29N3O2S/c26-28(27,20-10-4-1-5-11-20)23-21-18-19(24-14-6-2-7-15-24)12-13-22(21)25-16-8-3-9-17-25/h1,4-5,10-13,18,23H,2-3,6-9,14-17H2. The van der Waals surface area contributed by atoms with Crippen LogP contribution < -0.4 is 14.5 Å². The van der Waals surface area contributed by atoms with E-state index in [0.29, 0.717) is 10.6 Å². The van der Waals surface area contributed by atoms with E-state index in [0.717, 1.165) is 50.4 Å². The fourth-order valence-electron chi connectivity index (χ4n) is 4.17. The Kier molecular flexibility index (Phi) is 5.76. The molecule has 0 atom stereocenters. The van der Waals surface area contributed by atoms with Crippen LogP contribution in [0, 0.1) is 0 Å². The molecule has 1 N–H and O–H groups in total. The molecule has 2 aromatic rings. The van der Waals surface area contributed by atoms with Crippen LogP contribution in [0.1, 0.15) is 38.5 Å². The quantitative estimate of drug-likeness (QED) is 0.806. The highest BCUT2D eigenvalue weighted by Crippen LogP contribution is 2.34. The van der Waals surface area contributed by atoms with E-state index in [-0.39, 0.29) is 0 Å². The molecule has 2 saturated heterocycles. The first-order valence-corrected chi connectivity index (χ1v) is 11.8. The first kappa shape index (κ1) is 19.1. The molecule has 0 spiro atoms. The minimum absolute atomic E-state index is 0.294. The maximum Gasteiger partial charge on any atom is 0.261 e. The summed E-state index contributed by atoms with van der Waals surface area (Å²) in [5, 5.41) is 0. The minimum Gasteiger partial charge on any atom is -0.371 e. The summed E-state index contributed by atoms with van der Waals surface area (Å²) >= 11 is 0. The van der Waals surface area contributed by atoms with Crippen molar-refractivity contribution < 1.29 is 8.42 Å². The fraction of sp³-hybridized carbons (Fsp3) is 0.455. The Balaban J connectivity index is 1.68. The highest BCUT2D eigenvalue weighted by atomic mass is 32.2. The second-order valence-electron chi connectivity index (χ2n) is 7.72.